The third kappa shape index (κ3) is 9.67. The molecule has 0 aliphatic carbocycles. The third-order valence-electron chi connectivity index (χ3n) is 2.94. The summed E-state index contributed by atoms with van der Waals surface area (Å²) in [5.41, 5.74) is 2.53. The van der Waals surface area contributed by atoms with E-state index in [0.29, 0.717) is 0 Å². The second-order valence-corrected chi connectivity index (χ2v) is 6.11. The molecule has 2 rings (SSSR count). The Bertz CT molecular complexity index is 663. The second kappa shape index (κ2) is 14.2. The van der Waals surface area contributed by atoms with Crippen molar-refractivity contribution in [2.24, 2.45) is 0 Å². The molecule has 0 aromatic heterocycles. The Balaban J connectivity index is 0. The summed E-state index contributed by atoms with van der Waals surface area (Å²) in [4.78, 5) is 0. The molecule has 4 nitrogen and oxygen atoms in total. The fraction of sp³-hybridized carbons (Fsp3) is 0.200. The molecule has 0 spiro atoms. The van der Waals surface area contributed by atoms with Gasteiger partial charge in [-0.25, -0.2) is 0 Å². The number of hydrogen-bond acceptors (Lipinski definition) is 1. The van der Waals surface area contributed by atoms with Gasteiger partial charge in [0.2, 0.25) is 0 Å². The summed E-state index contributed by atoms with van der Waals surface area (Å²) in [7, 11) is 0. The summed E-state index contributed by atoms with van der Waals surface area (Å²) >= 11 is 2.98. The Labute approximate surface area is 157 Å². The van der Waals surface area contributed by atoms with Crippen LogP contribution in [0.3, 0.4) is 0 Å². The molecule has 0 saturated carbocycles. The molecule has 2 aromatic rings. The first-order valence-corrected chi connectivity index (χ1v) is 7.59. The minimum atomic E-state index is 0.169. The van der Waals surface area contributed by atoms with Crippen molar-refractivity contribution in [3.8, 4) is 5.75 Å². The van der Waals surface area contributed by atoms with Crippen molar-refractivity contribution < 1.29 is 34.5 Å². The summed E-state index contributed by atoms with van der Waals surface area (Å²) in [6, 6.07) is 18.3. The zero-order valence-corrected chi connectivity index (χ0v) is 15.5. The van der Waals surface area contributed by atoms with E-state index in [1.807, 2.05) is 42.5 Å². The Kier molecular flexibility index (Phi) is 14.3. The molecule has 0 unspecified atom stereocenters. The molecule has 0 aliphatic rings. The molecule has 0 N–H and O–H groups in total. The Morgan fingerprint density at radius 2 is 1.24 bits per heavy atom. The first kappa shape index (κ1) is 25.1. The van der Waals surface area contributed by atoms with Gasteiger partial charge in [0.25, 0.3) is 0 Å². The Morgan fingerprint density at radius 1 is 0.800 bits per heavy atom. The van der Waals surface area contributed by atoms with Crippen LogP contribution in [0.15, 0.2) is 54.6 Å². The van der Waals surface area contributed by atoms with E-state index >= 15 is 0 Å². The molecule has 5 heteroatoms. The Hall–Kier alpha value is -2.14. The van der Waals surface area contributed by atoms with Gasteiger partial charge in [-0.05, 0) is 0 Å². The van der Waals surface area contributed by atoms with Gasteiger partial charge >= 0.3 is 157 Å². The van der Waals surface area contributed by atoms with Crippen molar-refractivity contribution in [3.05, 3.63) is 85.7 Å². The average molecular weight is 374 g/mol. The Morgan fingerprint density at radius 3 is 1.64 bits per heavy atom. The van der Waals surface area contributed by atoms with Crippen molar-refractivity contribution in [2.45, 2.75) is 26.2 Å². The first-order chi connectivity index (χ1) is 12.0. The topological polar surface area (TPSA) is 68.9 Å². The van der Waals surface area contributed by atoms with Crippen molar-refractivity contribution in [3.63, 3.8) is 0 Å². The van der Waals surface area contributed by atoms with Gasteiger partial charge in [-0.3, -0.25) is 0 Å². The zero-order chi connectivity index (χ0) is 19.9. The van der Waals surface area contributed by atoms with E-state index in [9.17, 15) is 0 Å². The standard InChI is InChI=1S/C17H18O.3CO.Cr/c1-17(2,3)15-9-11-16(12-10-15)18-13-14-7-5-4-6-8-14;3*1-2;/h4-12H,1-3H3;;;;. The van der Waals surface area contributed by atoms with Crippen LogP contribution in [0, 0.1) is 20.0 Å². The first-order valence-electron chi connectivity index (χ1n) is 6.96. The van der Waals surface area contributed by atoms with Crippen LogP contribution >= 0.6 is 0 Å². The van der Waals surface area contributed by atoms with E-state index in [1.165, 1.54) is 5.56 Å². The van der Waals surface area contributed by atoms with Crippen LogP contribution in [-0.2, 0) is 35.2 Å². The molecule has 0 heterocycles. The van der Waals surface area contributed by atoms with Crippen molar-refractivity contribution in [1.82, 2.24) is 0 Å². The molecule has 0 atom stereocenters. The van der Waals surface area contributed by atoms with Crippen LogP contribution in [0.5, 0.6) is 5.75 Å². The summed E-state index contributed by atoms with van der Waals surface area (Å²) in [6.45, 7) is 20.1. The molecule has 0 amide bonds. The fourth-order valence-electron chi connectivity index (χ4n) is 1.76. The fourth-order valence-corrected chi connectivity index (χ4v) is 2.13. The molecule has 0 aliphatic heterocycles. The zero-order valence-electron chi connectivity index (χ0n) is 14.2. The molecule has 25 heavy (non-hydrogen) atoms. The van der Waals surface area contributed by atoms with E-state index in [0.717, 1.165) is 15.9 Å². The van der Waals surface area contributed by atoms with Gasteiger partial charge < -0.3 is 0 Å². The number of rotatable bonds is 3. The summed E-state index contributed by atoms with van der Waals surface area (Å²) in [5.74, 6) is 0.852. The van der Waals surface area contributed by atoms with Crippen LogP contribution in [-0.4, -0.2) is 4.57 Å². The van der Waals surface area contributed by atoms with Gasteiger partial charge in [0.1, 0.15) is 0 Å². The molecule has 128 valence electrons. The van der Waals surface area contributed by atoms with Gasteiger partial charge in [-0.1, -0.05) is 0 Å². The SMILES string of the molecule is CC(C)(C)c1ccc(O[C](=[Cr])c2ccccc2)cc1.[C-]#[O+].[C-]#[O+].[C-]#[O+]. The predicted octanol–water partition coefficient (Wildman–Crippen LogP) is 3.98. The van der Waals surface area contributed by atoms with E-state index in [1.54, 1.807) is 0 Å². The quantitative estimate of drug-likeness (QED) is 0.592. The van der Waals surface area contributed by atoms with E-state index in [4.69, 9.17) is 18.7 Å². The van der Waals surface area contributed by atoms with Crippen molar-refractivity contribution in [1.29, 1.82) is 0 Å². The van der Waals surface area contributed by atoms with Crippen LogP contribution < -0.4 is 4.74 Å². The summed E-state index contributed by atoms with van der Waals surface area (Å²) < 4.78 is 29.1. The second-order valence-electron chi connectivity index (χ2n) is 5.53. The van der Waals surface area contributed by atoms with Crippen molar-refractivity contribution >= 4 is 4.57 Å². The van der Waals surface area contributed by atoms with Crippen LogP contribution in [0.2, 0.25) is 0 Å². The van der Waals surface area contributed by atoms with Crippen molar-refractivity contribution in [2.75, 3.05) is 0 Å². The van der Waals surface area contributed by atoms with Crippen LogP contribution in [0.1, 0.15) is 31.9 Å². The minimum absolute atomic E-state index is 0.169. The monoisotopic (exact) mass is 374 g/mol. The number of ether oxygens (including phenoxy) is 1. The number of hydrogen-bond donors (Lipinski definition) is 0. The maximum absolute atomic E-state index is 7.50. The van der Waals surface area contributed by atoms with Gasteiger partial charge in [-0.15, -0.1) is 0 Å². The third-order valence-corrected chi connectivity index (χ3v) is 3.44. The van der Waals surface area contributed by atoms with Gasteiger partial charge in [-0.2, -0.15) is 0 Å². The van der Waals surface area contributed by atoms with Crippen LogP contribution in [0.25, 0.3) is 0 Å². The normalized spacial score (nSPS) is 8.68. The number of benzene rings is 2. The van der Waals surface area contributed by atoms with Crippen LogP contribution in [0.4, 0.5) is 0 Å². The summed E-state index contributed by atoms with van der Waals surface area (Å²) in [5, 5.41) is 0. The molecular formula is C20H18CrO4. The van der Waals surface area contributed by atoms with Gasteiger partial charge in [0, 0.05) is 0 Å². The molecule has 0 radical (unpaired) electrons. The van der Waals surface area contributed by atoms with E-state index in [2.05, 4.69) is 68.7 Å². The van der Waals surface area contributed by atoms with E-state index < -0.39 is 0 Å². The summed E-state index contributed by atoms with van der Waals surface area (Å²) in [6.07, 6.45) is 0. The molecule has 0 saturated heterocycles. The molecule has 0 bridgehead atoms. The molecule has 0 fully saturated rings. The van der Waals surface area contributed by atoms with E-state index in [-0.39, 0.29) is 5.41 Å². The van der Waals surface area contributed by atoms with Gasteiger partial charge in [0.15, 0.2) is 0 Å². The predicted molar refractivity (Wildman–Crippen MR) is 88.1 cm³/mol. The molecular weight excluding hydrogens is 356 g/mol. The van der Waals surface area contributed by atoms with Gasteiger partial charge in [0.05, 0.1) is 0 Å². The molecule has 2 aromatic carbocycles. The maximum atomic E-state index is 7.50. The average Bonchev–Trinajstić information content (AvgIpc) is 2.67.